The molecule has 0 saturated carbocycles. The average molecular weight is 387 g/mol. The summed E-state index contributed by atoms with van der Waals surface area (Å²) in [4.78, 5) is 18.9. The summed E-state index contributed by atoms with van der Waals surface area (Å²) >= 11 is 0. The number of nitrogens with zero attached hydrogens (tertiary/aromatic N) is 1. The maximum Gasteiger partial charge on any atom is 0.335 e. The van der Waals surface area contributed by atoms with E-state index >= 15 is 0 Å². The van der Waals surface area contributed by atoms with E-state index in [0.29, 0.717) is 24.0 Å². The second kappa shape index (κ2) is 7.50. The van der Waals surface area contributed by atoms with E-state index in [1.54, 1.807) is 13.8 Å². The third-order valence-corrected chi connectivity index (χ3v) is 6.06. The van der Waals surface area contributed by atoms with Gasteiger partial charge in [0.25, 0.3) is 0 Å². The fraction of sp³-hybridized carbons (Fsp3) is 0.263. The molecule has 142 valence electrons. The number of carboxylic acids is 1. The number of hydrogen-bond donors (Lipinski definition) is 3. The SMILES string of the molecule is Cc1cc(C(=O)O)cc(S(=O)(=O)NCCCc2nc3ccccc3[nH]2)c1C. The van der Waals surface area contributed by atoms with E-state index in [-0.39, 0.29) is 17.0 Å². The number of aromatic amines is 1. The van der Waals surface area contributed by atoms with Crippen LogP contribution in [0, 0.1) is 13.8 Å². The van der Waals surface area contributed by atoms with Crippen molar-refractivity contribution in [3.05, 3.63) is 58.9 Å². The van der Waals surface area contributed by atoms with E-state index in [0.717, 1.165) is 16.9 Å². The minimum atomic E-state index is -3.79. The van der Waals surface area contributed by atoms with Gasteiger partial charge in [-0.15, -0.1) is 0 Å². The van der Waals surface area contributed by atoms with E-state index in [1.165, 1.54) is 12.1 Å². The topological polar surface area (TPSA) is 112 Å². The first-order chi connectivity index (χ1) is 12.8. The number of carbonyl (C=O) groups is 1. The molecule has 0 spiro atoms. The summed E-state index contributed by atoms with van der Waals surface area (Å²) < 4.78 is 27.8. The molecule has 7 nitrogen and oxygen atoms in total. The number of H-pyrrole nitrogens is 1. The second-order valence-electron chi connectivity index (χ2n) is 6.42. The van der Waals surface area contributed by atoms with E-state index < -0.39 is 16.0 Å². The summed E-state index contributed by atoms with van der Waals surface area (Å²) in [6, 6.07) is 10.4. The van der Waals surface area contributed by atoms with E-state index in [1.807, 2.05) is 24.3 Å². The highest BCUT2D eigenvalue weighted by Crippen LogP contribution is 2.21. The number of aromatic carboxylic acids is 1. The van der Waals surface area contributed by atoms with Crippen molar-refractivity contribution in [3.8, 4) is 0 Å². The third kappa shape index (κ3) is 4.17. The predicted molar refractivity (Wildman–Crippen MR) is 102 cm³/mol. The van der Waals surface area contributed by atoms with Crippen molar-refractivity contribution in [2.75, 3.05) is 6.54 Å². The Labute approximate surface area is 157 Å². The minimum absolute atomic E-state index is 0.00337. The zero-order valence-corrected chi connectivity index (χ0v) is 15.9. The number of imidazole rings is 1. The van der Waals surface area contributed by atoms with Crippen LogP contribution in [0.15, 0.2) is 41.3 Å². The molecule has 0 aliphatic carbocycles. The van der Waals surface area contributed by atoms with Crippen LogP contribution in [0.2, 0.25) is 0 Å². The Morgan fingerprint density at radius 3 is 2.67 bits per heavy atom. The molecule has 0 amide bonds. The highest BCUT2D eigenvalue weighted by atomic mass is 32.2. The Kier molecular flexibility index (Phi) is 5.29. The first-order valence-corrected chi connectivity index (χ1v) is 10.0. The monoisotopic (exact) mass is 387 g/mol. The van der Waals surface area contributed by atoms with Crippen LogP contribution in [-0.2, 0) is 16.4 Å². The van der Waals surface area contributed by atoms with Gasteiger partial charge in [0.15, 0.2) is 0 Å². The molecule has 0 fully saturated rings. The number of para-hydroxylation sites is 2. The van der Waals surface area contributed by atoms with Crippen LogP contribution >= 0.6 is 0 Å². The van der Waals surface area contributed by atoms with Gasteiger partial charge in [-0.05, 0) is 55.7 Å². The van der Waals surface area contributed by atoms with Crippen LogP contribution in [0.4, 0.5) is 0 Å². The molecule has 3 rings (SSSR count). The summed E-state index contributed by atoms with van der Waals surface area (Å²) in [6.07, 6.45) is 1.17. The number of fused-ring (bicyclic) bond motifs is 1. The lowest BCUT2D eigenvalue weighted by Gasteiger charge is -2.12. The smallest absolute Gasteiger partial charge is 0.335 e. The van der Waals surface area contributed by atoms with Crippen LogP contribution < -0.4 is 4.72 Å². The van der Waals surface area contributed by atoms with Gasteiger partial charge in [-0.3, -0.25) is 0 Å². The van der Waals surface area contributed by atoms with Gasteiger partial charge in [0.05, 0.1) is 21.5 Å². The molecule has 0 unspecified atom stereocenters. The van der Waals surface area contributed by atoms with Crippen molar-refractivity contribution in [1.29, 1.82) is 0 Å². The Hall–Kier alpha value is -2.71. The molecular weight excluding hydrogens is 366 g/mol. The van der Waals surface area contributed by atoms with Gasteiger partial charge in [0.1, 0.15) is 5.82 Å². The van der Waals surface area contributed by atoms with Gasteiger partial charge in [-0.1, -0.05) is 12.1 Å². The summed E-state index contributed by atoms with van der Waals surface area (Å²) in [6.45, 7) is 3.60. The fourth-order valence-corrected chi connectivity index (χ4v) is 4.31. The van der Waals surface area contributed by atoms with Crippen molar-refractivity contribution in [1.82, 2.24) is 14.7 Å². The third-order valence-electron chi connectivity index (χ3n) is 4.48. The summed E-state index contributed by atoms with van der Waals surface area (Å²) in [5, 5.41) is 9.16. The summed E-state index contributed by atoms with van der Waals surface area (Å²) in [7, 11) is -3.79. The number of nitrogens with one attached hydrogen (secondary N) is 2. The highest BCUT2D eigenvalue weighted by Gasteiger charge is 2.20. The number of rotatable bonds is 7. The first-order valence-electron chi connectivity index (χ1n) is 8.56. The Balaban J connectivity index is 1.67. The van der Waals surface area contributed by atoms with E-state index in [2.05, 4.69) is 14.7 Å². The molecule has 0 saturated heterocycles. The number of benzene rings is 2. The van der Waals surface area contributed by atoms with Crippen LogP contribution in [-0.4, -0.2) is 36.0 Å². The molecule has 27 heavy (non-hydrogen) atoms. The normalized spacial score (nSPS) is 11.8. The molecule has 0 bridgehead atoms. The van der Waals surface area contributed by atoms with Gasteiger partial charge >= 0.3 is 5.97 Å². The quantitative estimate of drug-likeness (QED) is 0.540. The zero-order valence-electron chi connectivity index (χ0n) is 15.1. The number of aromatic nitrogens is 2. The highest BCUT2D eigenvalue weighted by molar-refractivity contribution is 7.89. The molecule has 3 aromatic rings. The lowest BCUT2D eigenvalue weighted by atomic mass is 10.1. The summed E-state index contributed by atoms with van der Waals surface area (Å²) in [5.74, 6) is -0.352. The molecule has 0 aliphatic heterocycles. The van der Waals surface area contributed by atoms with Crippen molar-refractivity contribution >= 4 is 27.0 Å². The number of hydrogen-bond acceptors (Lipinski definition) is 4. The number of aryl methyl sites for hydroxylation is 2. The number of carboxylic acid groups (broad SMARTS) is 1. The molecule has 8 heteroatoms. The Bertz CT molecular complexity index is 1070. The van der Waals surface area contributed by atoms with Crippen LogP contribution in [0.3, 0.4) is 0 Å². The Morgan fingerprint density at radius 1 is 1.22 bits per heavy atom. The van der Waals surface area contributed by atoms with Gasteiger partial charge in [0.2, 0.25) is 10.0 Å². The zero-order chi connectivity index (χ0) is 19.6. The van der Waals surface area contributed by atoms with Gasteiger partial charge in [-0.2, -0.15) is 0 Å². The van der Waals surface area contributed by atoms with Crippen molar-refractivity contribution in [3.63, 3.8) is 0 Å². The molecule has 1 aromatic heterocycles. The molecule has 0 radical (unpaired) electrons. The molecular formula is C19H21N3O4S. The molecule has 2 aromatic carbocycles. The van der Waals surface area contributed by atoms with Gasteiger partial charge in [0, 0.05) is 13.0 Å². The van der Waals surface area contributed by atoms with Crippen LogP contribution in [0.25, 0.3) is 11.0 Å². The fourth-order valence-electron chi connectivity index (χ4n) is 2.89. The van der Waals surface area contributed by atoms with Crippen LogP contribution in [0.1, 0.15) is 33.7 Å². The number of sulfonamides is 1. The lowest BCUT2D eigenvalue weighted by Crippen LogP contribution is -2.26. The molecule has 0 atom stereocenters. The maximum atomic E-state index is 12.6. The largest absolute Gasteiger partial charge is 0.478 e. The minimum Gasteiger partial charge on any atom is -0.478 e. The lowest BCUT2D eigenvalue weighted by molar-refractivity contribution is 0.0696. The Morgan fingerprint density at radius 2 is 1.96 bits per heavy atom. The predicted octanol–water partition coefficient (Wildman–Crippen LogP) is 2.79. The van der Waals surface area contributed by atoms with Gasteiger partial charge < -0.3 is 10.1 Å². The summed E-state index contributed by atoms with van der Waals surface area (Å²) in [5.41, 5.74) is 2.96. The first kappa shape index (κ1) is 19.1. The van der Waals surface area contributed by atoms with Gasteiger partial charge in [-0.25, -0.2) is 22.9 Å². The maximum absolute atomic E-state index is 12.6. The van der Waals surface area contributed by atoms with E-state index in [9.17, 15) is 13.2 Å². The van der Waals surface area contributed by atoms with Crippen molar-refractivity contribution < 1.29 is 18.3 Å². The molecule has 1 heterocycles. The van der Waals surface area contributed by atoms with Crippen molar-refractivity contribution in [2.24, 2.45) is 0 Å². The van der Waals surface area contributed by atoms with Crippen molar-refractivity contribution in [2.45, 2.75) is 31.6 Å². The van der Waals surface area contributed by atoms with Crippen LogP contribution in [0.5, 0.6) is 0 Å². The molecule has 3 N–H and O–H groups in total. The second-order valence-corrected chi connectivity index (χ2v) is 8.16. The standard InChI is InChI=1S/C19H21N3O4S/c1-12-10-14(19(23)24)11-17(13(12)2)27(25,26)20-9-5-8-18-21-15-6-3-4-7-16(15)22-18/h3-4,6-7,10-11,20H,5,8-9H2,1-2H3,(H,21,22)(H,23,24). The average Bonchev–Trinajstić information content (AvgIpc) is 3.03. The molecule has 0 aliphatic rings. The van der Waals surface area contributed by atoms with E-state index in [4.69, 9.17) is 5.11 Å².